The van der Waals surface area contributed by atoms with Crippen molar-refractivity contribution in [2.75, 3.05) is 39.3 Å². The maximum Gasteiger partial charge on any atom is 0.125 e. The van der Waals surface area contributed by atoms with Crippen LogP contribution in [-0.4, -0.2) is 66.4 Å². The molecule has 22 heavy (non-hydrogen) atoms. The number of aliphatic hydroxyl groups excluding tert-OH is 1. The quantitative estimate of drug-likeness (QED) is 0.873. The summed E-state index contributed by atoms with van der Waals surface area (Å²) in [7, 11) is 0. The lowest BCUT2D eigenvalue weighted by Gasteiger charge is -2.37. The number of benzene rings is 1. The van der Waals surface area contributed by atoms with Crippen molar-refractivity contribution in [2.45, 2.75) is 39.8 Å². The van der Waals surface area contributed by atoms with E-state index in [1.165, 1.54) is 0 Å². The summed E-state index contributed by atoms with van der Waals surface area (Å²) in [6, 6.07) is 6.72. The standard InChI is InChI=1S/C18H30N2O2/c1-14(2)20-10-8-19(9-11-20)12-17(21)13-22-18-15(3)6-5-7-16(18)4/h5-7,14,17,21H,8-13H2,1-4H3. The minimum absolute atomic E-state index is 0.357. The van der Waals surface area contributed by atoms with Gasteiger partial charge in [-0.15, -0.1) is 0 Å². The first kappa shape index (κ1) is 17.3. The lowest BCUT2D eigenvalue weighted by Crippen LogP contribution is -2.51. The Labute approximate surface area is 134 Å². The van der Waals surface area contributed by atoms with Crippen LogP contribution in [0.15, 0.2) is 18.2 Å². The molecule has 0 amide bonds. The van der Waals surface area contributed by atoms with Gasteiger partial charge in [0.05, 0.1) is 0 Å². The van der Waals surface area contributed by atoms with Crippen LogP contribution in [0.1, 0.15) is 25.0 Å². The minimum atomic E-state index is -0.440. The van der Waals surface area contributed by atoms with E-state index in [2.05, 4.69) is 23.6 Å². The zero-order valence-corrected chi connectivity index (χ0v) is 14.4. The van der Waals surface area contributed by atoms with Crippen LogP contribution in [0.4, 0.5) is 0 Å². The molecule has 1 aliphatic rings. The smallest absolute Gasteiger partial charge is 0.125 e. The van der Waals surface area contributed by atoms with E-state index in [4.69, 9.17) is 4.74 Å². The van der Waals surface area contributed by atoms with Crippen LogP contribution in [0, 0.1) is 13.8 Å². The van der Waals surface area contributed by atoms with Gasteiger partial charge in [-0.3, -0.25) is 9.80 Å². The van der Waals surface area contributed by atoms with Crippen molar-refractivity contribution in [3.8, 4) is 5.75 Å². The topological polar surface area (TPSA) is 35.9 Å². The van der Waals surface area contributed by atoms with Gasteiger partial charge in [0.25, 0.3) is 0 Å². The molecule has 4 nitrogen and oxygen atoms in total. The van der Waals surface area contributed by atoms with Gasteiger partial charge >= 0.3 is 0 Å². The van der Waals surface area contributed by atoms with Crippen molar-refractivity contribution in [1.82, 2.24) is 9.80 Å². The van der Waals surface area contributed by atoms with Gasteiger partial charge in [0, 0.05) is 38.8 Å². The maximum atomic E-state index is 10.2. The van der Waals surface area contributed by atoms with Gasteiger partial charge in [-0.2, -0.15) is 0 Å². The molecule has 1 N–H and O–H groups in total. The van der Waals surface area contributed by atoms with Crippen LogP contribution < -0.4 is 4.74 Å². The number of hydrogen-bond donors (Lipinski definition) is 1. The number of aliphatic hydroxyl groups is 1. The number of aryl methyl sites for hydroxylation is 2. The Morgan fingerprint density at radius 1 is 1.09 bits per heavy atom. The molecule has 1 aliphatic heterocycles. The molecule has 1 aromatic carbocycles. The Kier molecular flexibility index (Phi) is 6.24. The number of hydrogen-bond acceptors (Lipinski definition) is 4. The number of piperazine rings is 1. The fourth-order valence-corrected chi connectivity index (χ4v) is 3.02. The van der Waals surface area contributed by atoms with Crippen LogP contribution in [-0.2, 0) is 0 Å². The zero-order chi connectivity index (χ0) is 16.1. The lowest BCUT2D eigenvalue weighted by atomic mass is 10.1. The monoisotopic (exact) mass is 306 g/mol. The van der Waals surface area contributed by atoms with E-state index in [0.717, 1.165) is 43.1 Å². The molecule has 0 aliphatic carbocycles. The van der Waals surface area contributed by atoms with Crippen LogP contribution in [0.25, 0.3) is 0 Å². The second kappa shape index (κ2) is 7.95. The van der Waals surface area contributed by atoms with Crippen molar-refractivity contribution in [1.29, 1.82) is 0 Å². The van der Waals surface area contributed by atoms with E-state index in [1.807, 2.05) is 32.0 Å². The number of nitrogens with zero attached hydrogens (tertiary/aromatic N) is 2. The first-order valence-corrected chi connectivity index (χ1v) is 8.31. The second-order valence-electron chi connectivity index (χ2n) is 6.62. The first-order valence-electron chi connectivity index (χ1n) is 8.31. The Morgan fingerprint density at radius 3 is 2.23 bits per heavy atom. The van der Waals surface area contributed by atoms with Crippen molar-refractivity contribution >= 4 is 0 Å². The van der Waals surface area contributed by atoms with Crippen molar-refractivity contribution in [3.63, 3.8) is 0 Å². The first-order chi connectivity index (χ1) is 10.5. The normalized spacial score (nSPS) is 18.6. The molecule has 0 spiro atoms. The molecule has 1 heterocycles. The number of rotatable bonds is 6. The Hall–Kier alpha value is -1.10. The summed E-state index contributed by atoms with van der Waals surface area (Å²) in [6.45, 7) is 13.8. The fraction of sp³-hybridized carbons (Fsp3) is 0.667. The second-order valence-corrected chi connectivity index (χ2v) is 6.62. The Balaban J connectivity index is 1.76. The third kappa shape index (κ3) is 4.70. The zero-order valence-electron chi connectivity index (χ0n) is 14.4. The van der Waals surface area contributed by atoms with E-state index in [9.17, 15) is 5.11 Å². The lowest BCUT2D eigenvalue weighted by molar-refractivity contribution is 0.0397. The third-order valence-corrected chi connectivity index (χ3v) is 4.43. The van der Waals surface area contributed by atoms with Crippen LogP contribution in [0.3, 0.4) is 0 Å². The van der Waals surface area contributed by atoms with E-state index in [-0.39, 0.29) is 0 Å². The van der Waals surface area contributed by atoms with E-state index < -0.39 is 6.10 Å². The maximum absolute atomic E-state index is 10.2. The van der Waals surface area contributed by atoms with Crippen LogP contribution >= 0.6 is 0 Å². The molecule has 0 aromatic heterocycles. The van der Waals surface area contributed by atoms with Gasteiger partial charge < -0.3 is 9.84 Å². The minimum Gasteiger partial charge on any atom is -0.490 e. The van der Waals surface area contributed by atoms with Crippen LogP contribution in [0.2, 0.25) is 0 Å². The summed E-state index contributed by atoms with van der Waals surface area (Å²) >= 11 is 0. The SMILES string of the molecule is Cc1cccc(C)c1OCC(O)CN1CCN(C(C)C)CC1. The molecule has 1 atom stereocenters. The van der Waals surface area contributed by atoms with E-state index >= 15 is 0 Å². The molecule has 0 radical (unpaired) electrons. The van der Waals surface area contributed by atoms with Crippen molar-refractivity contribution in [2.24, 2.45) is 0 Å². The molecule has 1 unspecified atom stereocenters. The van der Waals surface area contributed by atoms with E-state index in [0.29, 0.717) is 19.2 Å². The molecular formula is C18H30N2O2. The average molecular weight is 306 g/mol. The van der Waals surface area contributed by atoms with Crippen molar-refractivity contribution in [3.05, 3.63) is 29.3 Å². The molecule has 0 saturated carbocycles. The highest BCUT2D eigenvalue weighted by Crippen LogP contribution is 2.22. The number of ether oxygens (including phenoxy) is 1. The fourth-order valence-electron chi connectivity index (χ4n) is 3.02. The highest BCUT2D eigenvalue weighted by molar-refractivity contribution is 5.39. The molecule has 0 bridgehead atoms. The third-order valence-electron chi connectivity index (χ3n) is 4.43. The molecule has 124 valence electrons. The van der Waals surface area contributed by atoms with Gasteiger partial charge in [-0.25, -0.2) is 0 Å². The summed E-state index contributed by atoms with van der Waals surface area (Å²) in [5, 5.41) is 10.2. The average Bonchev–Trinajstić information content (AvgIpc) is 2.47. The summed E-state index contributed by atoms with van der Waals surface area (Å²) < 4.78 is 5.84. The molecule has 1 fully saturated rings. The molecule has 1 saturated heterocycles. The van der Waals surface area contributed by atoms with Crippen molar-refractivity contribution < 1.29 is 9.84 Å². The Bertz CT molecular complexity index is 448. The summed E-state index contributed by atoms with van der Waals surface area (Å²) in [5.41, 5.74) is 2.25. The predicted molar refractivity (Wildman–Crippen MR) is 90.6 cm³/mol. The molecule has 1 aromatic rings. The largest absolute Gasteiger partial charge is 0.490 e. The van der Waals surface area contributed by atoms with Gasteiger partial charge in [-0.1, -0.05) is 18.2 Å². The summed E-state index contributed by atoms with van der Waals surface area (Å²) in [5.74, 6) is 0.908. The Morgan fingerprint density at radius 2 is 1.68 bits per heavy atom. The molecular weight excluding hydrogens is 276 g/mol. The highest BCUT2D eigenvalue weighted by Gasteiger charge is 2.21. The van der Waals surface area contributed by atoms with Gasteiger partial charge in [-0.05, 0) is 38.8 Å². The van der Waals surface area contributed by atoms with Gasteiger partial charge in [0.15, 0.2) is 0 Å². The number of para-hydroxylation sites is 1. The predicted octanol–water partition coefficient (Wildman–Crippen LogP) is 2.07. The van der Waals surface area contributed by atoms with Crippen LogP contribution in [0.5, 0.6) is 5.75 Å². The van der Waals surface area contributed by atoms with Gasteiger partial charge in [0.1, 0.15) is 18.5 Å². The highest BCUT2D eigenvalue weighted by atomic mass is 16.5. The molecule has 4 heteroatoms. The van der Waals surface area contributed by atoms with Gasteiger partial charge in [0.2, 0.25) is 0 Å². The molecule has 2 rings (SSSR count). The summed E-state index contributed by atoms with van der Waals surface area (Å²) in [4.78, 5) is 4.81. The summed E-state index contributed by atoms with van der Waals surface area (Å²) in [6.07, 6.45) is -0.440. The van der Waals surface area contributed by atoms with E-state index in [1.54, 1.807) is 0 Å². The number of β-amino-alcohol motifs (C(OH)–C–C–N with tert-alkyl or cyclic N) is 1.